The Kier molecular flexibility index (Phi) is 4.05. The Bertz CT molecular complexity index is 643. The number of anilines is 1. The lowest BCUT2D eigenvalue weighted by molar-refractivity contribution is -0.142. The average molecular weight is 328 g/mol. The molecule has 0 spiro atoms. The van der Waals surface area contributed by atoms with Crippen molar-refractivity contribution in [3.8, 4) is 0 Å². The van der Waals surface area contributed by atoms with E-state index in [-0.39, 0.29) is 21.4 Å². The first kappa shape index (κ1) is 15.9. The summed E-state index contributed by atoms with van der Waals surface area (Å²) in [5.41, 5.74) is -2.97. The van der Waals surface area contributed by atoms with E-state index in [1.54, 1.807) is 0 Å². The molecular weight excluding hydrogens is 318 g/mol. The van der Waals surface area contributed by atoms with Gasteiger partial charge in [0.1, 0.15) is 0 Å². The SMILES string of the molecule is CCCNc1nc2cc(C(F)(F)F)cc(C(F)(F)F)c2s1. The molecule has 2 nitrogen and oxygen atoms in total. The number of benzene rings is 1. The van der Waals surface area contributed by atoms with E-state index in [1.807, 2.05) is 6.92 Å². The second-order valence-corrected chi connectivity index (χ2v) is 5.31. The van der Waals surface area contributed by atoms with E-state index in [9.17, 15) is 26.3 Å². The van der Waals surface area contributed by atoms with Crippen LogP contribution in [0.25, 0.3) is 10.2 Å². The summed E-state index contributed by atoms with van der Waals surface area (Å²) in [7, 11) is 0. The van der Waals surface area contributed by atoms with Crippen LogP contribution in [0.4, 0.5) is 31.5 Å². The molecular formula is C12H10F6N2S. The number of aromatic nitrogens is 1. The Hall–Kier alpha value is -1.51. The van der Waals surface area contributed by atoms with Gasteiger partial charge >= 0.3 is 12.4 Å². The molecule has 0 bridgehead atoms. The Balaban J connectivity index is 2.63. The number of nitrogens with one attached hydrogen (secondary N) is 1. The van der Waals surface area contributed by atoms with Gasteiger partial charge in [0.25, 0.3) is 0 Å². The molecule has 0 aliphatic heterocycles. The average Bonchev–Trinajstić information content (AvgIpc) is 2.75. The maximum Gasteiger partial charge on any atom is 0.417 e. The van der Waals surface area contributed by atoms with Gasteiger partial charge in [-0.25, -0.2) is 4.98 Å². The van der Waals surface area contributed by atoms with Crippen molar-refractivity contribution in [1.82, 2.24) is 4.98 Å². The number of rotatable bonds is 3. The molecule has 0 fully saturated rings. The van der Waals surface area contributed by atoms with Gasteiger partial charge in [0.05, 0.1) is 21.3 Å². The molecule has 1 aromatic carbocycles. The molecule has 1 heterocycles. The lowest BCUT2D eigenvalue weighted by Crippen LogP contribution is -2.10. The van der Waals surface area contributed by atoms with E-state index in [2.05, 4.69) is 10.3 Å². The summed E-state index contributed by atoms with van der Waals surface area (Å²) in [5, 5.41) is 2.96. The third-order valence-corrected chi connectivity index (χ3v) is 3.71. The summed E-state index contributed by atoms with van der Waals surface area (Å²) in [6.45, 7) is 2.33. The van der Waals surface area contributed by atoms with E-state index in [0.717, 1.165) is 6.42 Å². The summed E-state index contributed by atoms with van der Waals surface area (Å²) in [6.07, 6.45) is -9.00. The van der Waals surface area contributed by atoms with Gasteiger partial charge in [0.15, 0.2) is 5.13 Å². The maximum atomic E-state index is 12.9. The topological polar surface area (TPSA) is 24.9 Å². The Morgan fingerprint density at radius 3 is 2.29 bits per heavy atom. The van der Waals surface area contributed by atoms with Crippen LogP contribution in [0, 0.1) is 0 Å². The van der Waals surface area contributed by atoms with E-state index >= 15 is 0 Å². The molecule has 2 rings (SSSR count). The monoisotopic (exact) mass is 328 g/mol. The van der Waals surface area contributed by atoms with Gasteiger partial charge in [-0.3, -0.25) is 0 Å². The second kappa shape index (κ2) is 5.36. The van der Waals surface area contributed by atoms with E-state index < -0.39 is 23.5 Å². The molecule has 0 radical (unpaired) electrons. The number of alkyl halides is 6. The number of hydrogen-bond acceptors (Lipinski definition) is 3. The quantitative estimate of drug-likeness (QED) is 0.788. The minimum atomic E-state index is -4.87. The van der Waals surface area contributed by atoms with Crippen LogP contribution >= 0.6 is 11.3 Å². The highest BCUT2D eigenvalue weighted by molar-refractivity contribution is 7.22. The van der Waals surface area contributed by atoms with Crippen molar-refractivity contribution in [3.63, 3.8) is 0 Å². The fraction of sp³-hybridized carbons (Fsp3) is 0.417. The summed E-state index contributed by atoms with van der Waals surface area (Å²) in [5.74, 6) is 0. The van der Waals surface area contributed by atoms with Crippen molar-refractivity contribution in [1.29, 1.82) is 0 Å². The van der Waals surface area contributed by atoms with Crippen LogP contribution < -0.4 is 5.32 Å². The number of fused-ring (bicyclic) bond motifs is 1. The molecule has 0 unspecified atom stereocenters. The Labute approximate surface area is 119 Å². The highest BCUT2D eigenvalue weighted by Gasteiger charge is 2.39. The van der Waals surface area contributed by atoms with Gasteiger partial charge in [-0.2, -0.15) is 26.3 Å². The predicted octanol–water partition coefficient (Wildman–Crippen LogP) is 5.16. The number of hydrogen-bond donors (Lipinski definition) is 1. The molecule has 9 heteroatoms. The zero-order valence-electron chi connectivity index (χ0n) is 10.7. The van der Waals surface area contributed by atoms with Gasteiger partial charge in [0.2, 0.25) is 0 Å². The summed E-state index contributed by atoms with van der Waals surface area (Å²) in [6, 6.07) is 0.766. The van der Waals surface area contributed by atoms with Crippen LogP contribution in [-0.2, 0) is 12.4 Å². The molecule has 0 saturated carbocycles. The smallest absolute Gasteiger partial charge is 0.361 e. The largest absolute Gasteiger partial charge is 0.417 e. The van der Waals surface area contributed by atoms with Gasteiger partial charge in [0, 0.05) is 6.54 Å². The third-order valence-electron chi connectivity index (χ3n) is 2.65. The van der Waals surface area contributed by atoms with Crippen LogP contribution in [-0.4, -0.2) is 11.5 Å². The fourth-order valence-electron chi connectivity index (χ4n) is 1.71. The fourth-order valence-corrected chi connectivity index (χ4v) is 2.72. The molecule has 0 atom stereocenters. The van der Waals surface area contributed by atoms with Gasteiger partial charge < -0.3 is 5.32 Å². The molecule has 21 heavy (non-hydrogen) atoms. The molecule has 1 N–H and O–H groups in total. The molecule has 1 aromatic heterocycles. The zero-order valence-corrected chi connectivity index (χ0v) is 11.5. The molecule has 0 amide bonds. The van der Waals surface area contributed by atoms with E-state index in [1.165, 1.54) is 0 Å². The van der Waals surface area contributed by atoms with E-state index in [4.69, 9.17) is 0 Å². The molecule has 0 saturated heterocycles. The number of halogens is 6. The summed E-state index contributed by atoms with van der Waals surface area (Å²) in [4.78, 5) is 3.81. The van der Waals surface area contributed by atoms with Crippen molar-refractivity contribution in [2.75, 3.05) is 11.9 Å². The molecule has 2 aromatic rings. The maximum absolute atomic E-state index is 12.9. The standard InChI is InChI=1S/C12H10F6N2S/c1-2-3-19-10-20-8-5-6(11(13,14)15)4-7(9(8)21-10)12(16,17)18/h4-5H,2-3H2,1H3,(H,19,20). The zero-order chi connectivity index (χ0) is 15.8. The van der Waals surface area contributed by atoms with Crippen LogP contribution in [0.2, 0.25) is 0 Å². The summed E-state index contributed by atoms with van der Waals surface area (Å²) < 4.78 is 76.6. The van der Waals surface area contributed by atoms with E-state index in [0.29, 0.717) is 23.9 Å². The van der Waals surface area contributed by atoms with Crippen molar-refractivity contribution in [2.24, 2.45) is 0 Å². The van der Waals surface area contributed by atoms with Crippen LogP contribution in [0.5, 0.6) is 0 Å². The molecule has 0 aliphatic rings. The van der Waals surface area contributed by atoms with Gasteiger partial charge in [-0.1, -0.05) is 18.3 Å². The highest BCUT2D eigenvalue weighted by atomic mass is 32.1. The Morgan fingerprint density at radius 2 is 1.76 bits per heavy atom. The highest BCUT2D eigenvalue weighted by Crippen LogP contribution is 2.42. The van der Waals surface area contributed by atoms with Crippen molar-refractivity contribution in [2.45, 2.75) is 25.7 Å². The van der Waals surface area contributed by atoms with Crippen molar-refractivity contribution >= 4 is 26.7 Å². The van der Waals surface area contributed by atoms with Crippen LogP contribution in [0.3, 0.4) is 0 Å². The second-order valence-electron chi connectivity index (χ2n) is 4.31. The lowest BCUT2D eigenvalue weighted by atomic mass is 10.1. The first-order valence-electron chi connectivity index (χ1n) is 5.95. The van der Waals surface area contributed by atoms with Crippen LogP contribution in [0.15, 0.2) is 12.1 Å². The summed E-state index contributed by atoms with van der Waals surface area (Å²) >= 11 is 0.700. The normalized spacial score (nSPS) is 12.9. The van der Waals surface area contributed by atoms with Crippen molar-refractivity contribution < 1.29 is 26.3 Å². The first-order chi connectivity index (χ1) is 9.63. The number of thiazole rings is 1. The lowest BCUT2D eigenvalue weighted by Gasteiger charge is -2.11. The predicted molar refractivity (Wildman–Crippen MR) is 68.4 cm³/mol. The van der Waals surface area contributed by atoms with Gasteiger partial charge in [-0.05, 0) is 18.6 Å². The third kappa shape index (κ3) is 3.39. The van der Waals surface area contributed by atoms with Crippen LogP contribution in [0.1, 0.15) is 24.5 Å². The molecule has 0 aliphatic carbocycles. The first-order valence-corrected chi connectivity index (χ1v) is 6.77. The number of nitrogens with zero attached hydrogens (tertiary/aromatic N) is 1. The minimum absolute atomic E-state index is 0.129. The van der Waals surface area contributed by atoms with Crippen molar-refractivity contribution in [3.05, 3.63) is 23.3 Å². The van der Waals surface area contributed by atoms with Gasteiger partial charge in [-0.15, -0.1) is 0 Å². The molecule has 116 valence electrons. The Morgan fingerprint density at radius 1 is 1.10 bits per heavy atom. The minimum Gasteiger partial charge on any atom is -0.361 e.